The molecule has 0 fully saturated rings. The predicted molar refractivity (Wildman–Crippen MR) is 165 cm³/mol. The SMILES string of the molecule is CNC(=O)/C(=N/OC)c1cccc(C)c1CO/N=C(\C)c1c(I)cc(Cl)cc1CC(F)(F)C(=O)OCc1ccccc1. The maximum atomic E-state index is 15.1. The number of amides is 1. The zero-order valence-corrected chi connectivity index (χ0v) is 26.3. The quantitative estimate of drug-likeness (QED) is 0.104. The van der Waals surface area contributed by atoms with Crippen LogP contribution in [0, 0.1) is 10.5 Å². The van der Waals surface area contributed by atoms with Crippen LogP contribution in [0.3, 0.4) is 0 Å². The first-order chi connectivity index (χ1) is 20.0. The van der Waals surface area contributed by atoms with Crippen molar-refractivity contribution in [2.75, 3.05) is 14.2 Å². The summed E-state index contributed by atoms with van der Waals surface area (Å²) in [5, 5.41) is 10.8. The number of oxime groups is 2. The highest BCUT2D eigenvalue weighted by molar-refractivity contribution is 14.1. The summed E-state index contributed by atoms with van der Waals surface area (Å²) in [4.78, 5) is 35.3. The molecule has 12 heteroatoms. The number of ether oxygens (including phenoxy) is 1. The van der Waals surface area contributed by atoms with Gasteiger partial charge in [0.15, 0.2) is 5.71 Å². The van der Waals surface area contributed by atoms with E-state index >= 15 is 8.78 Å². The van der Waals surface area contributed by atoms with E-state index in [2.05, 4.69) is 15.6 Å². The summed E-state index contributed by atoms with van der Waals surface area (Å²) >= 11 is 8.16. The summed E-state index contributed by atoms with van der Waals surface area (Å²) in [6, 6.07) is 16.8. The fraction of sp³-hybridized carbons (Fsp3) is 0.267. The van der Waals surface area contributed by atoms with Gasteiger partial charge in [0, 0.05) is 38.8 Å². The lowest BCUT2D eigenvalue weighted by molar-refractivity contribution is -0.173. The number of alkyl halides is 2. The molecule has 0 saturated heterocycles. The highest BCUT2D eigenvalue weighted by Gasteiger charge is 2.42. The summed E-state index contributed by atoms with van der Waals surface area (Å²) in [7, 11) is 2.81. The zero-order chi connectivity index (χ0) is 30.9. The van der Waals surface area contributed by atoms with Crippen molar-refractivity contribution in [1.29, 1.82) is 0 Å². The summed E-state index contributed by atoms with van der Waals surface area (Å²) in [6.45, 7) is 3.11. The van der Waals surface area contributed by atoms with E-state index in [1.807, 2.05) is 35.6 Å². The maximum Gasteiger partial charge on any atom is 0.377 e. The molecule has 42 heavy (non-hydrogen) atoms. The van der Waals surface area contributed by atoms with Gasteiger partial charge in [-0.25, -0.2) is 4.79 Å². The molecule has 1 N–H and O–H groups in total. The monoisotopic (exact) mass is 711 g/mol. The third-order valence-electron chi connectivity index (χ3n) is 6.12. The van der Waals surface area contributed by atoms with Crippen molar-refractivity contribution in [3.8, 4) is 0 Å². The molecule has 3 rings (SSSR count). The van der Waals surface area contributed by atoms with Crippen molar-refractivity contribution >= 4 is 57.5 Å². The number of hydrogen-bond donors (Lipinski definition) is 1. The van der Waals surface area contributed by atoms with Crippen molar-refractivity contribution in [3.05, 3.63) is 103 Å². The highest BCUT2D eigenvalue weighted by Crippen LogP contribution is 2.30. The van der Waals surface area contributed by atoms with Crippen molar-refractivity contribution in [2.45, 2.75) is 39.4 Å². The number of hydrogen-bond acceptors (Lipinski definition) is 7. The molecule has 3 aromatic rings. The summed E-state index contributed by atoms with van der Waals surface area (Å²) in [5.41, 5.74) is 3.31. The predicted octanol–water partition coefficient (Wildman–Crippen LogP) is 6.21. The molecule has 0 aliphatic rings. The smallest absolute Gasteiger partial charge is 0.377 e. The van der Waals surface area contributed by atoms with E-state index in [0.29, 0.717) is 25.8 Å². The summed E-state index contributed by atoms with van der Waals surface area (Å²) in [6.07, 6.45) is -0.954. The average molecular weight is 712 g/mol. The number of halogens is 4. The van der Waals surface area contributed by atoms with Gasteiger partial charge in [0.25, 0.3) is 5.91 Å². The number of benzene rings is 3. The minimum absolute atomic E-state index is 0.0546. The zero-order valence-electron chi connectivity index (χ0n) is 23.3. The topological polar surface area (TPSA) is 98.6 Å². The molecule has 0 unspecified atom stereocenters. The van der Waals surface area contributed by atoms with Crippen LogP contribution in [-0.4, -0.2) is 43.4 Å². The molecule has 8 nitrogen and oxygen atoms in total. The van der Waals surface area contributed by atoms with Gasteiger partial charge in [-0.1, -0.05) is 70.4 Å². The molecule has 0 saturated carbocycles. The van der Waals surface area contributed by atoms with Gasteiger partial charge in [0.2, 0.25) is 0 Å². The van der Waals surface area contributed by atoms with Crippen LogP contribution >= 0.6 is 34.2 Å². The molecule has 0 radical (unpaired) electrons. The van der Waals surface area contributed by atoms with Crippen LogP contribution in [0.1, 0.15) is 40.3 Å². The van der Waals surface area contributed by atoms with Crippen molar-refractivity contribution in [1.82, 2.24) is 5.32 Å². The van der Waals surface area contributed by atoms with Crippen molar-refractivity contribution in [3.63, 3.8) is 0 Å². The molecule has 0 aliphatic heterocycles. The number of aryl methyl sites for hydroxylation is 1. The summed E-state index contributed by atoms with van der Waals surface area (Å²) in [5.74, 6) is -5.92. The van der Waals surface area contributed by atoms with Crippen LogP contribution in [0.15, 0.2) is 71.0 Å². The molecule has 0 aromatic heterocycles. The minimum atomic E-state index is -3.83. The van der Waals surface area contributed by atoms with E-state index in [1.165, 1.54) is 20.2 Å². The van der Waals surface area contributed by atoms with Gasteiger partial charge < -0.3 is 19.7 Å². The van der Waals surface area contributed by atoms with Crippen LogP contribution in [0.4, 0.5) is 8.78 Å². The van der Waals surface area contributed by atoms with Crippen LogP contribution in [0.5, 0.6) is 0 Å². The van der Waals surface area contributed by atoms with Gasteiger partial charge >= 0.3 is 11.9 Å². The number of nitrogens with one attached hydrogen (secondary N) is 1. The van der Waals surface area contributed by atoms with Crippen LogP contribution in [-0.2, 0) is 43.6 Å². The van der Waals surface area contributed by atoms with Gasteiger partial charge in [-0.3, -0.25) is 4.79 Å². The number of rotatable bonds is 12. The van der Waals surface area contributed by atoms with Crippen LogP contribution < -0.4 is 5.32 Å². The Bertz CT molecular complexity index is 1500. The Balaban J connectivity index is 1.85. The Kier molecular flexibility index (Phi) is 11.8. The van der Waals surface area contributed by atoms with Gasteiger partial charge in [-0.05, 0) is 65.3 Å². The molecule has 3 aromatic carbocycles. The number of nitrogens with zero attached hydrogens (tertiary/aromatic N) is 2. The lowest BCUT2D eigenvalue weighted by atomic mass is 9.98. The lowest BCUT2D eigenvalue weighted by Gasteiger charge is -2.19. The fourth-order valence-corrected chi connectivity index (χ4v) is 5.59. The van der Waals surface area contributed by atoms with Gasteiger partial charge in [-0.2, -0.15) is 8.78 Å². The van der Waals surface area contributed by atoms with Crippen molar-refractivity contribution in [2.24, 2.45) is 10.3 Å². The number of carbonyl (C=O) groups is 2. The third-order valence-corrected chi connectivity index (χ3v) is 7.19. The number of likely N-dealkylation sites (N-methyl/N-ethyl adjacent to an activating group) is 1. The lowest BCUT2D eigenvalue weighted by Crippen LogP contribution is -2.33. The van der Waals surface area contributed by atoms with Crippen LogP contribution in [0.25, 0.3) is 0 Å². The normalized spacial score (nSPS) is 12.1. The first-order valence-corrected chi connectivity index (χ1v) is 14.1. The van der Waals surface area contributed by atoms with E-state index in [0.717, 1.165) is 5.56 Å². The highest BCUT2D eigenvalue weighted by atomic mass is 127. The van der Waals surface area contributed by atoms with Gasteiger partial charge in [0.1, 0.15) is 20.3 Å². The maximum absolute atomic E-state index is 15.1. The standard InChI is InChI=1S/C30H29ClF2IN3O5/c1-18-9-8-12-23(27(37-40-4)28(38)35-3)24(18)17-42-36-19(2)26-21(13-22(31)14-25(26)34)15-30(32,33)29(39)41-16-20-10-6-5-7-11-20/h5-14H,15-17H2,1-4H3,(H,35,38)/b36-19+,37-27+. The second-order valence-corrected chi connectivity index (χ2v) is 10.7. The molecule has 0 heterocycles. The van der Waals surface area contributed by atoms with E-state index in [-0.39, 0.29) is 35.2 Å². The Morgan fingerprint density at radius 1 is 1.05 bits per heavy atom. The van der Waals surface area contributed by atoms with E-state index in [9.17, 15) is 9.59 Å². The molecule has 0 spiro atoms. The van der Waals surface area contributed by atoms with E-state index in [1.54, 1.807) is 55.5 Å². The average Bonchev–Trinajstić information content (AvgIpc) is 2.95. The molecule has 1 amide bonds. The second-order valence-electron chi connectivity index (χ2n) is 9.12. The molecule has 0 atom stereocenters. The number of esters is 1. The molecule has 0 bridgehead atoms. The first kappa shape index (κ1) is 32.9. The number of carbonyl (C=O) groups excluding carboxylic acids is 2. The second kappa shape index (κ2) is 15.1. The Morgan fingerprint density at radius 3 is 2.43 bits per heavy atom. The molecule has 0 aliphatic carbocycles. The molecule has 222 valence electrons. The molecular formula is C30H29ClF2IN3O5. The Labute approximate surface area is 261 Å². The summed E-state index contributed by atoms with van der Waals surface area (Å²) < 4.78 is 35.6. The third kappa shape index (κ3) is 8.48. The van der Waals surface area contributed by atoms with E-state index < -0.39 is 24.2 Å². The Hall–Kier alpha value is -3.58. The van der Waals surface area contributed by atoms with Crippen molar-refractivity contribution < 1.29 is 32.8 Å². The van der Waals surface area contributed by atoms with Gasteiger partial charge in [0.05, 0.1) is 5.71 Å². The fourth-order valence-electron chi connectivity index (χ4n) is 4.09. The molecular weight excluding hydrogens is 683 g/mol. The minimum Gasteiger partial charge on any atom is -0.456 e. The van der Waals surface area contributed by atoms with Crippen LogP contribution in [0.2, 0.25) is 5.02 Å². The first-order valence-electron chi connectivity index (χ1n) is 12.6. The largest absolute Gasteiger partial charge is 0.456 e. The Morgan fingerprint density at radius 2 is 1.76 bits per heavy atom. The van der Waals surface area contributed by atoms with Gasteiger partial charge in [-0.15, -0.1) is 0 Å². The van der Waals surface area contributed by atoms with E-state index in [4.69, 9.17) is 26.0 Å².